The predicted molar refractivity (Wildman–Crippen MR) is 101 cm³/mol. The van der Waals surface area contributed by atoms with Gasteiger partial charge in [-0.05, 0) is 24.6 Å². The average molecular weight is 385 g/mol. The molecule has 1 aromatic carbocycles. The molecule has 1 fully saturated rings. The van der Waals surface area contributed by atoms with E-state index in [1.54, 1.807) is 36.5 Å². The van der Waals surface area contributed by atoms with Crippen molar-refractivity contribution in [1.29, 1.82) is 0 Å². The molecule has 3 N–H and O–H groups in total. The van der Waals surface area contributed by atoms with Crippen molar-refractivity contribution >= 4 is 11.9 Å². The van der Waals surface area contributed by atoms with Gasteiger partial charge in [-0.25, -0.2) is 4.79 Å². The molecule has 0 bridgehead atoms. The van der Waals surface area contributed by atoms with Crippen molar-refractivity contribution in [2.24, 2.45) is 0 Å². The van der Waals surface area contributed by atoms with Crippen LogP contribution in [0.15, 0.2) is 48.7 Å². The SMILES string of the molecule is O=C(O)COc1ccccc1CN1CC[C@@H](NC(=O)c2ccccn2)[C@H](O)C1. The van der Waals surface area contributed by atoms with Crippen LogP contribution >= 0.6 is 0 Å². The summed E-state index contributed by atoms with van der Waals surface area (Å²) in [7, 11) is 0. The van der Waals surface area contributed by atoms with Gasteiger partial charge in [-0.1, -0.05) is 24.3 Å². The molecule has 1 amide bonds. The van der Waals surface area contributed by atoms with E-state index in [2.05, 4.69) is 15.2 Å². The van der Waals surface area contributed by atoms with Crippen molar-refractivity contribution in [3.8, 4) is 5.75 Å². The molecule has 148 valence electrons. The maximum atomic E-state index is 12.2. The molecule has 3 rings (SSSR count). The first-order valence-corrected chi connectivity index (χ1v) is 9.07. The number of aliphatic hydroxyl groups excluding tert-OH is 1. The topological polar surface area (TPSA) is 112 Å². The van der Waals surface area contributed by atoms with E-state index in [1.807, 2.05) is 12.1 Å². The second-order valence-electron chi connectivity index (χ2n) is 6.68. The van der Waals surface area contributed by atoms with Crippen LogP contribution in [0.3, 0.4) is 0 Å². The minimum atomic E-state index is -1.03. The molecule has 1 aliphatic rings. The molecule has 8 nitrogen and oxygen atoms in total. The van der Waals surface area contributed by atoms with E-state index in [0.717, 1.165) is 5.56 Å². The lowest BCUT2D eigenvalue weighted by molar-refractivity contribution is -0.139. The molecular formula is C20H23N3O5. The number of carboxylic acids is 1. The van der Waals surface area contributed by atoms with Gasteiger partial charge in [0.05, 0.1) is 12.1 Å². The third kappa shape index (κ3) is 5.28. The molecule has 28 heavy (non-hydrogen) atoms. The fraction of sp³-hybridized carbons (Fsp3) is 0.350. The van der Waals surface area contributed by atoms with E-state index >= 15 is 0 Å². The van der Waals surface area contributed by atoms with Crippen LogP contribution in [-0.4, -0.2) is 63.8 Å². The first-order valence-electron chi connectivity index (χ1n) is 9.07. The zero-order chi connectivity index (χ0) is 19.9. The fourth-order valence-electron chi connectivity index (χ4n) is 3.20. The van der Waals surface area contributed by atoms with Gasteiger partial charge < -0.3 is 20.3 Å². The minimum Gasteiger partial charge on any atom is -0.482 e. The van der Waals surface area contributed by atoms with Crippen LogP contribution in [0.1, 0.15) is 22.5 Å². The van der Waals surface area contributed by atoms with E-state index in [0.29, 0.717) is 37.5 Å². The first-order chi connectivity index (χ1) is 13.5. The maximum Gasteiger partial charge on any atom is 0.341 e. The maximum absolute atomic E-state index is 12.2. The van der Waals surface area contributed by atoms with Gasteiger partial charge >= 0.3 is 5.97 Å². The Morgan fingerprint density at radius 3 is 2.71 bits per heavy atom. The van der Waals surface area contributed by atoms with Crippen LogP contribution in [0.25, 0.3) is 0 Å². The number of carboxylic acid groups (broad SMARTS) is 1. The predicted octanol–water partition coefficient (Wildman–Crippen LogP) is 0.910. The second kappa shape index (κ2) is 9.29. The minimum absolute atomic E-state index is 0.300. The molecule has 2 heterocycles. The number of carbonyl (C=O) groups excluding carboxylic acids is 1. The largest absolute Gasteiger partial charge is 0.482 e. The van der Waals surface area contributed by atoms with Gasteiger partial charge in [-0.2, -0.15) is 0 Å². The number of pyridine rings is 1. The van der Waals surface area contributed by atoms with Gasteiger partial charge in [0.2, 0.25) is 0 Å². The van der Waals surface area contributed by atoms with Crippen molar-refractivity contribution in [2.45, 2.75) is 25.1 Å². The van der Waals surface area contributed by atoms with Crippen molar-refractivity contribution in [2.75, 3.05) is 19.7 Å². The highest BCUT2D eigenvalue weighted by atomic mass is 16.5. The highest BCUT2D eigenvalue weighted by molar-refractivity contribution is 5.92. The summed E-state index contributed by atoms with van der Waals surface area (Å²) < 4.78 is 5.34. The van der Waals surface area contributed by atoms with Crippen LogP contribution in [0.4, 0.5) is 0 Å². The van der Waals surface area contributed by atoms with Gasteiger partial charge in [0, 0.05) is 31.4 Å². The number of benzene rings is 1. The normalized spacial score (nSPS) is 19.8. The smallest absolute Gasteiger partial charge is 0.341 e. The summed E-state index contributed by atoms with van der Waals surface area (Å²) >= 11 is 0. The molecule has 1 aromatic heterocycles. The summed E-state index contributed by atoms with van der Waals surface area (Å²) in [6, 6.07) is 12.0. The lowest BCUT2D eigenvalue weighted by Gasteiger charge is -2.36. The van der Waals surface area contributed by atoms with Crippen LogP contribution < -0.4 is 10.1 Å². The van der Waals surface area contributed by atoms with E-state index in [1.165, 1.54) is 0 Å². The number of piperidine rings is 1. The summed E-state index contributed by atoms with van der Waals surface area (Å²) in [6.45, 7) is 1.19. The summed E-state index contributed by atoms with van der Waals surface area (Å²) in [5, 5.41) is 22.1. The lowest BCUT2D eigenvalue weighted by atomic mass is 10.0. The molecule has 8 heteroatoms. The standard InChI is InChI=1S/C20H23N3O5/c24-17-12-23(11-14-5-1-2-7-18(14)28-13-19(25)26)10-8-15(17)22-20(27)16-6-3-4-9-21-16/h1-7,9,15,17,24H,8,10-13H2,(H,22,27)(H,25,26)/t15-,17-/m1/s1. The third-order valence-corrected chi connectivity index (χ3v) is 4.60. The van der Waals surface area contributed by atoms with Crippen LogP contribution in [-0.2, 0) is 11.3 Å². The highest BCUT2D eigenvalue weighted by Crippen LogP contribution is 2.22. The highest BCUT2D eigenvalue weighted by Gasteiger charge is 2.29. The van der Waals surface area contributed by atoms with Gasteiger partial charge in [0.15, 0.2) is 6.61 Å². The van der Waals surface area contributed by atoms with E-state index in [4.69, 9.17) is 9.84 Å². The van der Waals surface area contributed by atoms with E-state index in [-0.39, 0.29) is 11.9 Å². The molecule has 2 aromatic rings. The molecule has 0 radical (unpaired) electrons. The molecule has 1 aliphatic heterocycles. The van der Waals surface area contributed by atoms with Gasteiger partial charge in [0.25, 0.3) is 5.91 Å². The summed E-state index contributed by atoms with van der Waals surface area (Å²) in [4.78, 5) is 29.0. The quantitative estimate of drug-likeness (QED) is 0.649. The number of hydrogen-bond acceptors (Lipinski definition) is 6. The number of nitrogens with one attached hydrogen (secondary N) is 1. The number of likely N-dealkylation sites (tertiary alicyclic amines) is 1. The van der Waals surface area contributed by atoms with Crippen LogP contribution in [0, 0.1) is 0 Å². The Morgan fingerprint density at radius 2 is 2.00 bits per heavy atom. The number of hydrogen-bond donors (Lipinski definition) is 3. The number of carbonyl (C=O) groups is 2. The summed E-state index contributed by atoms with van der Waals surface area (Å²) in [6.07, 6.45) is 1.43. The van der Waals surface area contributed by atoms with Crippen LogP contribution in [0.2, 0.25) is 0 Å². The number of ether oxygens (including phenoxy) is 1. The number of amides is 1. The Morgan fingerprint density at radius 1 is 1.21 bits per heavy atom. The number of nitrogens with zero attached hydrogens (tertiary/aromatic N) is 2. The van der Waals surface area contributed by atoms with E-state index in [9.17, 15) is 14.7 Å². The second-order valence-corrected chi connectivity index (χ2v) is 6.68. The van der Waals surface area contributed by atoms with Gasteiger partial charge in [-0.3, -0.25) is 14.7 Å². The Labute approximate surface area is 162 Å². The Kier molecular flexibility index (Phi) is 6.57. The summed E-state index contributed by atoms with van der Waals surface area (Å²) in [5.41, 5.74) is 1.17. The Hall–Kier alpha value is -2.97. The Balaban J connectivity index is 1.56. The van der Waals surface area contributed by atoms with Crippen molar-refractivity contribution in [3.05, 3.63) is 59.9 Å². The number of aliphatic carboxylic acids is 1. The van der Waals surface area contributed by atoms with E-state index < -0.39 is 18.7 Å². The fourth-order valence-corrected chi connectivity index (χ4v) is 3.20. The number of aliphatic hydroxyl groups is 1. The monoisotopic (exact) mass is 385 g/mol. The van der Waals surface area contributed by atoms with Crippen molar-refractivity contribution in [1.82, 2.24) is 15.2 Å². The van der Waals surface area contributed by atoms with Crippen LogP contribution in [0.5, 0.6) is 5.75 Å². The molecular weight excluding hydrogens is 362 g/mol. The lowest BCUT2D eigenvalue weighted by Crippen LogP contribution is -2.53. The first kappa shape index (κ1) is 19.8. The molecule has 0 spiro atoms. The van der Waals surface area contributed by atoms with Crippen molar-refractivity contribution in [3.63, 3.8) is 0 Å². The molecule has 0 aliphatic carbocycles. The number of para-hydroxylation sites is 1. The number of β-amino-alcohol motifs (C(OH)–C–C–N with tert-alkyl or cyclic N) is 1. The van der Waals surface area contributed by atoms with Gasteiger partial charge in [0.1, 0.15) is 11.4 Å². The van der Waals surface area contributed by atoms with Gasteiger partial charge in [-0.15, -0.1) is 0 Å². The number of aromatic nitrogens is 1. The third-order valence-electron chi connectivity index (χ3n) is 4.60. The van der Waals surface area contributed by atoms with Crippen molar-refractivity contribution < 1.29 is 24.5 Å². The number of rotatable bonds is 7. The average Bonchev–Trinajstić information content (AvgIpc) is 2.70. The zero-order valence-electron chi connectivity index (χ0n) is 15.3. The summed E-state index contributed by atoms with van der Waals surface area (Å²) in [5.74, 6) is -0.815. The molecule has 1 saturated heterocycles. The zero-order valence-corrected chi connectivity index (χ0v) is 15.3. The Bertz CT molecular complexity index is 814. The molecule has 2 atom stereocenters. The molecule has 0 unspecified atom stereocenters. The molecule has 0 saturated carbocycles.